The highest BCUT2D eigenvalue weighted by atomic mass is 16.5. The maximum Gasteiger partial charge on any atom is 0.255 e. The molecule has 1 aromatic carbocycles. The van der Waals surface area contributed by atoms with Crippen molar-refractivity contribution in [1.29, 1.82) is 0 Å². The lowest BCUT2D eigenvalue weighted by atomic mass is 10.1. The Balaban J connectivity index is 2.10. The van der Waals surface area contributed by atoms with Crippen LogP contribution < -0.4 is 10.1 Å². The number of amides is 1. The zero-order valence-corrected chi connectivity index (χ0v) is 11.2. The minimum atomic E-state index is -0.183. The summed E-state index contributed by atoms with van der Waals surface area (Å²) in [4.78, 5) is 12.1. The van der Waals surface area contributed by atoms with Crippen molar-refractivity contribution in [2.24, 2.45) is 0 Å². The largest absolute Gasteiger partial charge is 0.496 e. The molecule has 5 heteroatoms. The number of carbonyl (C=O) groups excluding carboxylic acids is 1. The van der Waals surface area contributed by atoms with Crippen molar-refractivity contribution < 1.29 is 14.1 Å². The van der Waals surface area contributed by atoms with Crippen LogP contribution in [0.3, 0.4) is 0 Å². The Morgan fingerprint density at radius 2 is 2.11 bits per heavy atom. The van der Waals surface area contributed by atoms with Gasteiger partial charge in [0, 0.05) is 12.1 Å². The zero-order valence-electron chi connectivity index (χ0n) is 11.2. The summed E-state index contributed by atoms with van der Waals surface area (Å²) < 4.78 is 10.2. The Morgan fingerprint density at radius 1 is 1.37 bits per heavy atom. The van der Waals surface area contributed by atoms with Crippen molar-refractivity contribution in [3.05, 3.63) is 46.8 Å². The molecule has 19 heavy (non-hydrogen) atoms. The zero-order chi connectivity index (χ0) is 13.8. The second-order valence-electron chi connectivity index (χ2n) is 4.19. The molecule has 0 bridgehead atoms. The second-order valence-corrected chi connectivity index (χ2v) is 4.19. The molecule has 0 atom stereocenters. The highest BCUT2D eigenvalue weighted by Crippen LogP contribution is 2.17. The molecule has 5 nitrogen and oxygen atoms in total. The molecule has 0 aliphatic carbocycles. The molecular weight excluding hydrogens is 244 g/mol. The van der Waals surface area contributed by atoms with Crippen LogP contribution in [0.25, 0.3) is 0 Å². The topological polar surface area (TPSA) is 64.4 Å². The van der Waals surface area contributed by atoms with Gasteiger partial charge in [0.2, 0.25) is 0 Å². The number of nitrogens with one attached hydrogen (secondary N) is 1. The number of aryl methyl sites for hydroxylation is 2. The Kier molecular flexibility index (Phi) is 3.85. The van der Waals surface area contributed by atoms with E-state index >= 15 is 0 Å². The summed E-state index contributed by atoms with van der Waals surface area (Å²) in [6.45, 7) is 4.06. The van der Waals surface area contributed by atoms with Gasteiger partial charge in [-0.15, -0.1) is 0 Å². The van der Waals surface area contributed by atoms with Crippen LogP contribution in [-0.2, 0) is 6.54 Å². The van der Waals surface area contributed by atoms with E-state index in [-0.39, 0.29) is 5.91 Å². The molecule has 0 aliphatic heterocycles. The number of benzene rings is 1. The third kappa shape index (κ3) is 2.76. The molecule has 0 aliphatic rings. The van der Waals surface area contributed by atoms with Gasteiger partial charge in [-0.3, -0.25) is 4.79 Å². The first-order valence-corrected chi connectivity index (χ1v) is 5.96. The van der Waals surface area contributed by atoms with E-state index in [1.165, 1.54) is 0 Å². The normalized spacial score (nSPS) is 10.3. The Bertz CT molecular complexity index is 571. The summed E-state index contributed by atoms with van der Waals surface area (Å²) >= 11 is 0. The average Bonchev–Trinajstić information content (AvgIpc) is 2.75. The van der Waals surface area contributed by atoms with E-state index in [2.05, 4.69) is 10.5 Å². The molecule has 0 radical (unpaired) electrons. The lowest BCUT2D eigenvalue weighted by Gasteiger charge is -2.08. The van der Waals surface area contributed by atoms with Crippen molar-refractivity contribution in [3.63, 3.8) is 0 Å². The minimum absolute atomic E-state index is 0.183. The summed E-state index contributed by atoms with van der Waals surface area (Å²) in [6, 6.07) is 7.10. The molecule has 0 fully saturated rings. The number of ether oxygens (including phenoxy) is 1. The number of hydrogen-bond acceptors (Lipinski definition) is 4. The molecule has 100 valence electrons. The maximum absolute atomic E-state index is 12.1. The summed E-state index contributed by atoms with van der Waals surface area (Å²) in [5.74, 6) is 1.09. The van der Waals surface area contributed by atoms with E-state index in [9.17, 15) is 4.79 Å². The van der Waals surface area contributed by atoms with Gasteiger partial charge in [-0.05, 0) is 26.0 Å². The van der Waals surface area contributed by atoms with Gasteiger partial charge in [0.15, 0.2) is 0 Å². The molecule has 0 saturated heterocycles. The summed E-state index contributed by atoms with van der Waals surface area (Å²) in [6.07, 6.45) is 0. The van der Waals surface area contributed by atoms with E-state index < -0.39 is 0 Å². The molecule has 1 aromatic heterocycles. The fraction of sp³-hybridized carbons (Fsp3) is 0.286. The summed E-state index contributed by atoms with van der Waals surface area (Å²) in [5, 5.41) is 6.69. The Labute approximate surface area is 111 Å². The molecular formula is C14H16N2O3. The van der Waals surface area contributed by atoms with Gasteiger partial charge in [0.25, 0.3) is 5.91 Å². The molecule has 2 rings (SSSR count). The lowest BCUT2D eigenvalue weighted by molar-refractivity contribution is 0.0948. The Morgan fingerprint density at radius 3 is 2.74 bits per heavy atom. The van der Waals surface area contributed by atoms with Crippen molar-refractivity contribution in [3.8, 4) is 5.75 Å². The number of hydrogen-bond donors (Lipinski definition) is 1. The van der Waals surface area contributed by atoms with Crippen LogP contribution in [0.2, 0.25) is 0 Å². The van der Waals surface area contributed by atoms with Gasteiger partial charge >= 0.3 is 0 Å². The molecule has 0 spiro atoms. The van der Waals surface area contributed by atoms with E-state index in [0.29, 0.717) is 17.9 Å². The van der Waals surface area contributed by atoms with Crippen LogP contribution in [0.5, 0.6) is 5.75 Å². The number of para-hydroxylation sites is 1. The maximum atomic E-state index is 12.1. The quantitative estimate of drug-likeness (QED) is 0.915. The highest BCUT2D eigenvalue weighted by Gasteiger charge is 2.14. The van der Waals surface area contributed by atoms with Crippen molar-refractivity contribution in [1.82, 2.24) is 10.5 Å². The molecule has 1 N–H and O–H groups in total. The van der Waals surface area contributed by atoms with Gasteiger partial charge in [-0.25, -0.2) is 0 Å². The third-order valence-electron chi connectivity index (χ3n) is 2.96. The predicted octanol–water partition coefficient (Wildman–Crippen LogP) is 2.23. The van der Waals surface area contributed by atoms with Crippen molar-refractivity contribution in [2.45, 2.75) is 20.4 Å². The first-order valence-electron chi connectivity index (χ1n) is 5.96. The van der Waals surface area contributed by atoms with Crippen LogP contribution in [0.15, 0.2) is 28.8 Å². The lowest BCUT2D eigenvalue weighted by Crippen LogP contribution is -2.23. The number of aromatic nitrogens is 1. The number of methoxy groups -OCH3 is 1. The molecule has 0 saturated carbocycles. The number of rotatable bonds is 4. The predicted molar refractivity (Wildman–Crippen MR) is 70.1 cm³/mol. The van der Waals surface area contributed by atoms with Crippen LogP contribution in [-0.4, -0.2) is 18.2 Å². The van der Waals surface area contributed by atoms with Gasteiger partial charge < -0.3 is 14.6 Å². The number of nitrogens with zero attached hydrogens (tertiary/aromatic N) is 1. The van der Waals surface area contributed by atoms with Gasteiger partial charge in [-0.2, -0.15) is 0 Å². The van der Waals surface area contributed by atoms with E-state index in [1.54, 1.807) is 25.3 Å². The molecule has 2 aromatic rings. The highest BCUT2D eigenvalue weighted by molar-refractivity contribution is 5.96. The average molecular weight is 260 g/mol. The molecule has 1 amide bonds. The number of carbonyl (C=O) groups is 1. The molecule has 1 heterocycles. The SMILES string of the molecule is COc1ccccc1C(=O)NCc1c(C)noc1C. The fourth-order valence-electron chi connectivity index (χ4n) is 1.85. The van der Waals surface area contributed by atoms with Crippen LogP contribution in [0.1, 0.15) is 27.4 Å². The van der Waals surface area contributed by atoms with Crippen LogP contribution in [0.4, 0.5) is 0 Å². The standard InChI is InChI=1S/C14H16N2O3/c1-9-12(10(2)19-16-9)8-15-14(17)11-6-4-5-7-13(11)18-3/h4-7H,8H2,1-3H3,(H,15,17). The summed E-state index contributed by atoms with van der Waals surface area (Å²) in [7, 11) is 1.54. The van der Waals surface area contributed by atoms with Crippen molar-refractivity contribution >= 4 is 5.91 Å². The second kappa shape index (κ2) is 5.56. The minimum Gasteiger partial charge on any atom is -0.496 e. The van der Waals surface area contributed by atoms with Gasteiger partial charge in [-0.1, -0.05) is 17.3 Å². The summed E-state index contributed by atoms with van der Waals surface area (Å²) in [5.41, 5.74) is 2.21. The van der Waals surface area contributed by atoms with Gasteiger partial charge in [0.1, 0.15) is 11.5 Å². The van der Waals surface area contributed by atoms with E-state index in [1.807, 2.05) is 19.9 Å². The third-order valence-corrected chi connectivity index (χ3v) is 2.96. The Hall–Kier alpha value is -2.30. The first kappa shape index (κ1) is 13.1. The fourth-order valence-corrected chi connectivity index (χ4v) is 1.85. The first-order chi connectivity index (χ1) is 9.13. The van der Waals surface area contributed by atoms with Crippen LogP contribution >= 0.6 is 0 Å². The van der Waals surface area contributed by atoms with Gasteiger partial charge in [0.05, 0.1) is 18.4 Å². The smallest absolute Gasteiger partial charge is 0.255 e. The van der Waals surface area contributed by atoms with Crippen LogP contribution in [0, 0.1) is 13.8 Å². The monoisotopic (exact) mass is 260 g/mol. The molecule has 0 unspecified atom stereocenters. The van der Waals surface area contributed by atoms with Crippen molar-refractivity contribution in [2.75, 3.05) is 7.11 Å². The van der Waals surface area contributed by atoms with E-state index in [4.69, 9.17) is 9.26 Å². The van der Waals surface area contributed by atoms with E-state index in [0.717, 1.165) is 17.0 Å².